The third-order valence-electron chi connectivity index (χ3n) is 4.40. The topological polar surface area (TPSA) is 79.2 Å². The van der Waals surface area contributed by atoms with Gasteiger partial charge in [-0.25, -0.2) is 9.78 Å². The van der Waals surface area contributed by atoms with E-state index in [1.165, 1.54) is 0 Å². The van der Waals surface area contributed by atoms with Crippen LogP contribution in [-0.4, -0.2) is 56.2 Å². The maximum absolute atomic E-state index is 12.1. The molecule has 8 nitrogen and oxygen atoms in total. The summed E-state index contributed by atoms with van der Waals surface area (Å²) < 4.78 is 1.97. The summed E-state index contributed by atoms with van der Waals surface area (Å²) in [5, 5.41) is 7.90. The highest BCUT2D eigenvalue weighted by atomic mass is 16.2. The van der Waals surface area contributed by atoms with Gasteiger partial charge in [0.25, 0.3) is 0 Å². The summed E-state index contributed by atoms with van der Waals surface area (Å²) in [6.45, 7) is 2.54. The Labute approximate surface area is 151 Å². The number of aromatic nitrogens is 4. The van der Waals surface area contributed by atoms with Crippen LogP contribution >= 0.6 is 0 Å². The minimum Gasteiger partial charge on any atom is -0.363 e. The van der Waals surface area contributed by atoms with Gasteiger partial charge in [0.2, 0.25) is 0 Å². The summed E-state index contributed by atoms with van der Waals surface area (Å²) in [6, 6.07) is 9.85. The number of nitrogens with one attached hydrogen (secondary N) is 1. The zero-order valence-corrected chi connectivity index (χ0v) is 14.9. The number of hydrogen-bond donors (Lipinski definition) is 1. The van der Waals surface area contributed by atoms with Crippen LogP contribution in [0.25, 0.3) is 11.0 Å². The predicted molar refractivity (Wildman–Crippen MR) is 98.6 cm³/mol. The number of carbonyl (C=O) groups excluding carboxylic acids is 1. The van der Waals surface area contributed by atoms with Crippen molar-refractivity contribution >= 4 is 22.9 Å². The molecule has 3 heterocycles. The molecule has 0 fully saturated rings. The van der Waals surface area contributed by atoms with Crippen LogP contribution in [0.5, 0.6) is 0 Å². The third kappa shape index (κ3) is 3.17. The smallest absolute Gasteiger partial charge is 0.319 e. The quantitative estimate of drug-likeness (QED) is 0.780. The lowest BCUT2D eigenvalue weighted by atomic mass is 10.3. The van der Waals surface area contributed by atoms with Crippen molar-refractivity contribution < 1.29 is 4.79 Å². The molecule has 0 saturated carbocycles. The zero-order valence-electron chi connectivity index (χ0n) is 14.9. The number of urea groups is 1. The molecule has 8 heteroatoms. The van der Waals surface area contributed by atoms with E-state index in [9.17, 15) is 4.79 Å². The SMILES string of the molecule is CN(C)C(=O)N1CCn2nc(CNc3cnc4ccccc4n3)cc2C1. The lowest BCUT2D eigenvalue weighted by molar-refractivity contribution is 0.155. The lowest BCUT2D eigenvalue weighted by Gasteiger charge is -2.29. The van der Waals surface area contributed by atoms with Crippen molar-refractivity contribution in [1.82, 2.24) is 29.5 Å². The average molecular weight is 351 g/mol. The van der Waals surface area contributed by atoms with E-state index in [1.807, 2.05) is 39.9 Å². The largest absolute Gasteiger partial charge is 0.363 e. The van der Waals surface area contributed by atoms with Crippen LogP contribution in [0.4, 0.5) is 10.6 Å². The van der Waals surface area contributed by atoms with E-state index in [0.29, 0.717) is 26.2 Å². The van der Waals surface area contributed by atoms with Crippen molar-refractivity contribution in [3.05, 3.63) is 47.9 Å². The number of fused-ring (bicyclic) bond motifs is 2. The van der Waals surface area contributed by atoms with E-state index in [2.05, 4.69) is 20.4 Å². The van der Waals surface area contributed by atoms with Gasteiger partial charge in [0, 0.05) is 20.6 Å². The van der Waals surface area contributed by atoms with E-state index in [0.717, 1.165) is 28.2 Å². The minimum absolute atomic E-state index is 0.0311. The maximum atomic E-state index is 12.1. The highest BCUT2D eigenvalue weighted by Gasteiger charge is 2.23. The first kappa shape index (κ1) is 16.3. The van der Waals surface area contributed by atoms with Gasteiger partial charge in [0.1, 0.15) is 5.82 Å². The van der Waals surface area contributed by atoms with E-state index in [4.69, 9.17) is 0 Å². The Bertz CT molecular complexity index is 950. The molecular formula is C18H21N7O. The van der Waals surface area contributed by atoms with Crippen molar-refractivity contribution in [3.8, 4) is 0 Å². The summed E-state index contributed by atoms with van der Waals surface area (Å²) >= 11 is 0. The molecule has 1 aromatic carbocycles. The number of amides is 2. The van der Waals surface area contributed by atoms with Crippen molar-refractivity contribution in [3.63, 3.8) is 0 Å². The molecule has 1 aliphatic rings. The molecule has 2 aromatic heterocycles. The van der Waals surface area contributed by atoms with Crippen LogP contribution in [0, 0.1) is 0 Å². The number of carbonyl (C=O) groups is 1. The fourth-order valence-electron chi connectivity index (χ4n) is 3.08. The fourth-order valence-corrected chi connectivity index (χ4v) is 3.08. The first-order valence-electron chi connectivity index (χ1n) is 8.57. The van der Waals surface area contributed by atoms with Crippen molar-refractivity contribution in [2.75, 3.05) is 26.0 Å². The predicted octanol–water partition coefficient (Wildman–Crippen LogP) is 1.94. The van der Waals surface area contributed by atoms with Gasteiger partial charge in [-0.15, -0.1) is 0 Å². The maximum Gasteiger partial charge on any atom is 0.319 e. The monoisotopic (exact) mass is 351 g/mol. The number of benzene rings is 1. The fraction of sp³-hybridized carbons (Fsp3) is 0.333. The molecule has 0 spiro atoms. The van der Waals surface area contributed by atoms with Crippen LogP contribution in [-0.2, 0) is 19.6 Å². The molecule has 134 valence electrons. The van der Waals surface area contributed by atoms with Gasteiger partial charge in [-0.05, 0) is 18.2 Å². The van der Waals surface area contributed by atoms with E-state index in [1.54, 1.807) is 25.2 Å². The third-order valence-corrected chi connectivity index (χ3v) is 4.40. The van der Waals surface area contributed by atoms with E-state index in [-0.39, 0.29) is 6.03 Å². The summed E-state index contributed by atoms with van der Waals surface area (Å²) in [6.07, 6.45) is 1.73. The van der Waals surface area contributed by atoms with Gasteiger partial charge >= 0.3 is 6.03 Å². The molecule has 1 aliphatic heterocycles. The van der Waals surface area contributed by atoms with Gasteiger partial charge in [0.05, 0.1) is 48.3 Å². The molecule has 4 rings (SSSR count). The summed E-state index contributed by atoms with van der Waals surface area (Å²) in [5.41, 5.74) is 3.71. The Balaban J connectivity index is 1.44. The van der Waals surface area contributed by atoms with Crippen LogP contribution in [0.15, 0.2) is 36.5 Å². The standard InChI is InChI=1S/C18H21N7O/c1-23(2)18(26)24-7-8-25-14(12-24)9-13(22-25)10-20-17-11-19-15-5-3-4-6-16(15)21-17/h3-6,9,11H,7-8,10,12H2,1-2H3,(H,20,21). The normalized spacial score (nSPS) is 13.5. The van der Waals surface area contributed by atoms with Crippen LogP contribution in [0.2, 0.25) is 0 Å². The van der Waals surface area contributed by atoms with Gasteiger partial charge in [0.15, 0.2) is 0 Å². The molecular weight excluding hydrogens is 330 g/mol. The first-order valence-corrected chi connectivity index (χ1v) is 8.57. The van der Waals surface area contributed by atoms with Gasteiger partial charge in [-0.2, -0.15) is 5.10 Å². The van der Waals surface area contributed by atoms with Crippen LogP contribution < -0.4 is 5.32 Å². The van der Waals surface area contributed by atoms with E-state index >= 15 is 0 Å². The summed E-state index contributed by atoms with van der Waals surface area (Å²) in [5.74, 6) is 0.721. The molecule has 0 radical (unpaired) electrons. The van der Waals surface area contributed by atoms with Gasteiger partial charge in [-0.1, -0.05) is 12.1 Å². The number of anilines is 1. The molecule has 0 aliphatic carbocycles. The first-order chi connectivity index (χ1) is 12.6. The molecule has 26 heavy (non-hydrogen) atoms. The Morgan fingerprint density at radius 2 is 2.04 bits per heavy atom. The average Bonchev–Trinajstić information content (AvgIpc) is 3.07. The minimum atomic E-state index is 0.0311. The molecule has 0 unspecified atom stereocenters. The Morgan fingerprint density at radius 3 is 2.85 bits per heavy atom. The van der Waals surface area contributed by atoms with Crippen molar-refractivity contribution in [2.24, 2.45) is 0 Å². The number of rotatable bonds is 3. The van der Waals surface area contributed by atoms with Crippen LogP contribution in [0.3, 0.4) is 0 Å². The summed E-state index contributed by atoms with van der Waals surface area (Å²) in [7, 11) is 3.54. The Morgan fingerprint density at radius 1 is 1.23 bits per heavy atom. The Kier molecular flexibility index (Phi) is 4.16. The summed E-state index contributed by atoms with van der Waals surface area (Å²) in [4.78, 5) is 24.5. The molecule has 1 N–H and O–H groups in total. The van der Waals surface area contributed by atoms with Gasteiger partial charge in [-0.3, -0.25) is 9.67 Å². The van der Waals surface area contributed by atoms with Crippen molar-refractivity contribution in [2.45, 2.75) is 19.6 Å². The molecule has 2 amide bonds. The number of nitrogens with zero attached hydrogens (tertiary/aromatic N) is 6. The second-order valence-corrected chi connectivity index (χ2v) is 6.55. The second-order valence-electron chi connectivity index (χ2n) is 6.55. The number of para-hydroxylation sites is 2. The molecule has 0 bridgehead atoms. The Hall–Kier alpha value is -3.16. The van der Waals surface area contributed by atoms with E-state index < -0.39 is 0 Å². The highest BCUT2D eigenvalue weighted by molar-refractivity contribution is 5.75. The van der Waals surface area contributed by atoms with Crippen molar-refractivity contribution in [1.29, 1.82) is 0 Å². The highest BCUT2D eigenvalue weighted by Crippen LogP contribution is 2.16. The molecule has 0 atom stereocenters. The number of hydrogen-bond acceptors (Lipinski definition) is 5. The second kappa shape index (κ2) is 6.62. The van der Waals surface area contributed by atoms with Crippen LogP contribution in [0.1, 0.15) is 11.4 Å². The zero-order chi connectivity index (χ0) is 18.1. The lowest BCUT2D eigenvalue weighted by Crippen LogP contribution is -2.43. The molecule has 0 saturated heterocycles. The molecule has 3 aromatic rings. The van der Waals surface area contributed by atoms with Gasteiger partial charge < -0.3 is 15.1 Å².